The Morgan fingerprint density at radius 2 is 1.72 bits per heavy atom. The number of hydrogen-bond donors (Lipinski definition) is 0. The van der Waals surface area contributed by atoms with Crippen LogP contribution in [0.4, 0.5) is 0 Å². The Hall–Kier alpha value is -3.75. The van der Waals surface area contributed by atoms with E-state index < -0.39 is 12.0 Å². The highest BCUT2D eigenvalue weighted by molar-refractivity contribution is 14.1. The molecule has 46 heavy (non-hydrogen) atoms. The highest BCUT2D eigenvalue weighted by Crippen LogP contribution is 2.36. The zero-order chi connectivity index (χ0) is 32.2. The molecule has 10 heteroatoms. The van der Waals surface area contributed by atoms with Crippen molar-refractivity contribution in [3.05, 3.63) is 152 Å². The van der Waals surface area contributed by atoms with Gasteiger partial charge in [0.1, 0.15) is 18.1 Å². The van der Waals surface area contributed by atoms with Gasteiger partial charge in [-0.05, 0) is 93.6 Å². The molecule has 1 aromatic heterocycles. The minimum Gasteiger partial charge on any atom is -0.497 e. The van der Waals surface area contributed by atoms with Gasteiger partial charge in [-0.3, -0.25) is 9.36 Å². The van der Waals surface area contributed by atoms with Crippen molar-refractivity contribution in [2.75, 3.05) is 13.7 Å². The van der Waals surface area contributed by atoms with E-state index in [4.69, 9.17) is 19.2 Å². The van der Waals surface area contributed by atoms with Crippen LogP contribution in [-0.4, -0.2) is 24.3 Å². The molecule has 1 aliphatic rings. The van der Waals surface area contributed by atoms with Crippen molar-refractivity contribution in [1.29, 1.82) is 0 Å². The predicted molar refractivity (Wildman–Crippen MR) is 197 cm³/mol. The molecule has 1 atom stereocenters. The van der Waals surface area contributed by atoms with Gasteiger partial charge in [0.2, 0.25) is 0 Å². The highest BCUT2D eigenvalue weighted by Gasteiger charge is 2.35. The quantitative estimate of drug-likeness (QED) is 0.122. The number of carbonyl (C=O) groups excluding carboxylic acids is 1. The summed E-state index contributed by atoms with van der Waals surface area (Å²) in [6, 6.07) is 30.1. The monoisotopic (exact) mass is 854 g/mol. The second-order valence-corrected chi connectivity index (χ2v) is 13.7. The first kappa shape index (κ1) is 32.2. The molecule has 0 unspecified atom stereocenters. The number of esters is 1. The fourth-order valence-electron chi connectivity index (χ4n) is 5.28. The molecule has 0 bridgehead atoms. The third kappa shape index (κ3) is 6.69. The van der Waals surface area contributed by atoms with E-state index in [-0.39, 0.29) is 17.7 Å². The third-order valence-electron chi connectivity index (χ3n) is 7.33. The summed E-state index contributed by atoms with van der Waals surface area (Å²) >= 11 is 5.82. The summed E-state index contributed by atoms with van der Waals surface area (Å²) in [5.74, 6) is 0.767. The lowest BCUT2D eigenvalue weighted by Gasteiger charge is -2.26. The fourth-order valence-corrected chi connectivity index (χ4v) is 8.32. The normalized spacial score (nSPS) is 14.4. The Bertz CT molecular complexity index is 2130. The summed E-state index contributed by atoms with van der Waals surface area (Å²) in [6.07, 6.45) is 1.85. The first-order valence-electron chi connectivity index (χ1n) is 14.5. The maximum atomic E-state index is 14.4. The van der Waals surface area contributed by atoms with Crippen LogP contribution in [0.2, 0.25) is 0 Å². The number of hydrogen-bond acceptors (Lipinski definition) is 7. The summed E-state index contributed by atoms with van der Waals surface area (Å²) in [5.41, 5.74) is 3.76. The Kier molecular flexibility index (Phi) is 10.0. The number of rotatable bonds is 9. The lowest BCUT2D eigenvalue weighted by atomic mass is 9.93. The summed E-state index contributed by atoms with van der Waals surface area (Å²) in [5, 5.41) is 0. The van der Waals surface area contributed by atoms with Gasteiger partial charge in [0.15, 0.2) is 4.80 Å². The topological polar surface area (TPSA) is 79.1 Å². The largest absolute Gasteiger partial charge is 0.497 e. The first-order valence-corrected chi connectivity index (χ1v) is 17.4. The summed E-state index contributed by atoms with van der Waals surface area (Å²) < 4.78 is 21.4. The standard InChI is InChI=1S/C36H28I2N2O5S/c1-3-44-35(42)30-31(23-13-8-5-9-14-23)39-36-40(32(30)24-15-10-16-27(18-24)43-2)34(41)29(46-36)19-25-17-26(37)20-28(38)33(25)45-21-22-11-6-4-7-12-22/h4-20,32H,3,21H2,1-2H3/b29-19-/t32-/m0/s1. The highest BCUT2D eigenvalue weighted by atomic mass is 127. The maximum Gasteiger partial charge on any atom is 0.338 e. The van der Waals surface area contributed by atoms with Gasteiger partial charge in [0.25, 0.3) is 5.56 Å². The van der Waals surface area contributed by atoms with Crippen LogP contribution in [0.1, 0.15) is 35.2 Å². The van der Waals surface area contributed by atoms with Crippen LogP contribution < -0.4 is 24.4 Å². The van der Waals surface area contributed by atoms with E-state index in [2.05, 4.69) is 45.2 Å². The van der Waals surface area contributed by atoms with Crippen molar-refractivity contribution >= 4 is 74.3 Å². The lowest BCUT2D eigenvalue weighted by molar-refractivity contribution is -0.138. The van der Waals surface area contributed by atoms with Crippen LogP contribution >= 0.6 is 56.5 Å². The van der Waals surface area contributed by atoms with Gasteiger partial charge < -0.3 is 14.2 Å². The fraction of sp³-hybridized carbons (Fsp3) is 0.139. The van der Waals surface area contributed by atoms with Gasteiger partial charge in [0.05, 0.1) is 39.1 Å². The molecule has 7 nitrogen and oxygen atoms in total. The summed E-state index contributed by atoms with van der Waals surface area (Å²) in [7, 11) is 1.59. The molecule has 4 aromatic carbocycles. The molecule has 0 fully saturated rings. The molecule has 0 aliphatic carbocycles. The average molecular weight is 855 g/mol. The molecule has 2 heterocycles. The van der Waals surface area contributed by atoms with Crippen molar-refractivity contribution in [2.45, 2.75) is 19.6 Å². The van der Waals surface area contributed by atoms with Crippen LogP contribution in [-0.2, 0) is 16.1 Å². The number of aromatic nitrogens is 1. The van der Waals surface area contributed by atoms with E-state index in [1.165, 1.54) is 11.3 Å². The zero-order valence-corrected chi connectivity index (χ0v) is 30.0. The van der Waals surface area contributed by atoms with Crippen LogP contribution in [0.3, 0.4) is 0 Å². The van der Waals surface area contributed by atoms with Crippen LogP contribution in [0.5, 0.6) is 11.5 Å². The van der Waals surface area contributed by atoms with Crippen LogP contribution in [0.15, 0.2) is 112 Å². The van der Waals surface area contributed by atoms with E-state index in [1.54, 1.807) is 18.6 Å². The van der Waals surface area contributed by atoms with Crippen molar-refractivity contribution in [3.63, 3.8) is 0 Å². The smallest absolute Gasteiger partial charge is 0.338 e. The molecular formula is C36H28I2N2O5S. The molecule has 0 amide bonds. The van der Waals surface area contributed by atoms with Crippen molar-refractivity contribution in [1.82, 2.24) is 4.57 Å². The van der Waals surface area contributed by atoms with E-state index in [9.17, 15) is 9.59 Å². The predicted octanol–water partition coefficient (Wildman–Crippen LogP) is 6.73. The molecular weight excluding hydrogens is 826 g/mol. The zero-order valence-electron chi connectivity index (χ0n) is 24.9. The summed E-state index contributed by atoms with van der Waals surface area (Å²) in [6.45, 7) is 2.33. The van der Waals surface area contributed by atoms with E-state index in [1.807, 2.05) is 103 Å². The molecule has 5 aromatic rings. The Balaban J connectivity index is 1.58. The number of halogens is 2. The number of carbonyl (C=O) groups is 1. The van der Waals surface area contributed by atoms with Gasteiger partial charge in [-0.1, -0.05) is 84.1 Å². The van der Waals surface area contributed by atoms with E-state index in [0.717, 1.165) is 23.8 Å². The van der Waals surface area contributed by atoms with Crippen molar-refractivity contribution in [2.24, 2.45) is 4.99 Å². The molecule has 1 aliphatic heterocycles. The minimum absolute atomic E-state index is 0.177. The molecule has 0 saturated carbocycles. The minimum atomic E-state index is -0.799. The molecule has 0 saturated heterocycles. The Morgan fingerprint density at radius 1 is 0.978 bits per heavy atom. The SMILES string of the molecule is CCOC(=O)C1=C(c2ccccc2)N=c2s/c(=C\c3cc(I)cc(I)c3OCc3ccccc3)c(=O)n2[C@H]1c1cccc(OC)c1. The average Bonchev–Trinajstić information content (AvgIpc) is 3.38. The maximum absolute atomic E-state index is 14.4. The number of methoxy groups -OCH3 is 1. The van der Waals surface area contributed by atoms with Crippen LogP contribution in [0.25, 0.3) is 11.8 Å². The molecule has 0 radical (unpaired) electrons. The number of ether oxygens (including phenoxy) is 3. The van der Waals surface area contributed by atoms with Gasteiger partial charge in [-0.2, -0.15) is 0 Å². The number of nitrogens with zero attached hydrogens (tertiary/aromatic N) is 2. The van der Waals surface area contributed by atoms with Gasteiger partial charge in [-0.15, -0.1) is 0 Å². The lowest BCUT2D eigenvalue weighted by Crippen LogP contribution is -2.40. The number of benzene rings is 4. The third-order valence-corrected chi connectivity index (χ3v) is 9.74. The number of thiazole rings is 1. The Labute approximate surface area is 297 Å². The van der Waals surface area contributed by atoms with Gasteiger partial charge in [-0.25, -0.2) is 9.79 Å². The van der Waals surface area contributed by atoms with Crippen molar-refractivity contribution < 1.29 is 19.0 Å². The molecule has 0 N–H and O–H groups in total. The molecule has 0 spiro atoms. The van der Waals surface area contributed by atoms with Gasteiger partial charge >= 0.3 is 5.97 Å². The van der Waals surface area contributed by atoms with Gasteiger partial charge in [0, 0.05) is 14.7 Å². The van der Waals surface area contributed by atoms with Crippen LogP contribution in [0, 0.1) is 7.14 Å². The molecule has 6 rings (SSSR count). The number of fused-ring (bicyclic) bond motifs is 1. The summed E-state index contributed by atoms with van der Waals surface area (Å²) in [4.78, 5) is 33.6. The van der Waals surface area contributed by atoms with E-state index >= 15 is 0 Å². The second-order valence-electron chi connectivity index (χ2n) is 10.3. The Morgan fingerprint density at radius 3 is 2.43 bits per heavy atom. The second kappa shape index (κ2) is 14.3. The first-order chi connectivity index (χ1) is 22.4. The van der Waals surface area contributed by atoms with Crippen molar-refractivity contribution in [3.8, 4) is 11.5 Å². The van der Waals surface area contributed by atoms with E-state index in [0.29, 0.717) is 38.7 Å². The molecule has 232 valence electrons.